The fraction of sp³-hybridized carbons (Fsp3) is 0.375. The van der Waals surface area contributed by atoms with Gasteiger partial charge in [-0.25, -0.2) is 4.39 Å². The zero-order valence-corrected chi connectivity index (χ0v) is 16.2. The minimum Gasteiger partial charge on any atom is -0.481 e. The number of aliphatic carboxylic acids is 1. The predicted molar refractivity (Wildman–Crippen MR) is 99.6 cm³/mol. The molecule has 1 aliphatic rings. The van der Waals surface area contributed by atoms with Gasteiger partial charge in [-0.2, -0.15) is 5.10 Å². The van der Waals surface area contributed by atoms with Gasteiger partial charge in [-0.15, -0.1) is 5.10 Å². The van der Waals surface area contributed by atoms with E-state index in [9.17, 15) is 14.0 Å². The van der Waals surface area contributed by atoms with Gasteiger partial charge in [0.15, 0.2) is 5.17 Å². The first-order chi connectivity index (χ1) is 11.6. The number of carboxylic acid groups (broad SMARTS) is 1. The maximum absolute atomic E-state index is 14.2. The lowest BCUT2D eigenvalue weighted by atomic mass is 9.86. The number of amidine groups is 1. The summed E-state index contributed by atoms with van der Waals surface area (Å²) in [4.78, 5) is 22.3. The molecule has 1 aliphatic heterocycles. The number of nitrogens with zero attached hydrogens (tertiary/aromatic N) is 2. The first-order valence-electron chi connectivity index (χ1n) is 7.38. The Morgan fingerprint density at radius 3 is 2.76 bits per heavy atom. The topological polar surface area (TPSA) is 91.1 Å². The van der Waals surface area contributed by atoms with Gasteiger partial charge in [-0.3, -0.25) is 9.59 Å². The SMILES string of the molecule is CC(C)(C)c1cc(Br)c(F)c(C=NN=C2NC(=O)C(CC(=O)O)S2)c1. The molecule has 0 saturated carbocycles. The highest BCUT2D eigenvalue weighted by molar-refractivity contribution is 9.10. The van der Waals surface area contributed by atoms with Crippen LogP contribution in [0.25, 0.3) is 0 Å². The Balaban J connectivity index is 2.19. The second kappa shape index (κ2) is 7.65. The van der Waals surface area contributed by atoms with Crippen LogP contribution < -0.4 is 5.32 Å². The summed E-state index contributed by atoms with van der Waals surface area (Å²) < 4.78 is 14.5. The van der Waals surface area contributed by atoms with Gasteiger partial charge in [0, 0.05) is 5.56 Å². The van der Waals surface area contributed by atoms with Crippen LogP contribution in [-0.2, 0) is 15.0 Å². The van der Waals surface area contributed by atoms with Crippen molar-refractivity contribution >= 4 is 51.0 Å². The number of thioether (sulfide) groups is 1. The molecule has 6 nitrogen and oxygen atoms in total. The number of amides is 1. The van der Waals surface area contributed by atoms with Crippen LogP contribution in [-0.4, -0.2) is 33.6 Å². The van der Waals surface area contributed by atoms with E-state index in [1.165, 1.54) is 6.21 Å². The zero-order chi connectivity index (χ0) is 18.8. The largest absolute Gasteiger partial charge is 0.481 e. The van der Waals surface area contributed by atoms with E-state index >= 15 is 0 Å². The number of rotatable bonds is 4. The summed E-state index contributed by atoms with van der Waals surface area (Å²) in [5.41, 5.74) is 1.03. The molecule has 2 N–H and O–H groups in total. The van der Waals surface area contributed by atoms with E-state index in [2.05, 4.69) is 31.4 Å². The molecule has 1 aromatic carbocycles. The van der Waals surface area contributed by atoms with Gasteiger partial charge < -0.3 is 10.4 Å². The lowest BCUT2D eigenvalue weighted by Gasteiger charge is -2.20. The number of hydrogen-bond donors (Lipinski definition) is 2. The summed E-state index contributed by atoms with van der Waals surface area (Å²) in [6.07, 6.45) is 0.966. The fourth-order valence-corrected chi connectivity index (χ4v) is 3.42. The predicted octanol–water partition coefficient (Wildman–Crippen LogP) is 3.28. The van der Waals surface area contributed by atoms with E-state index in [0.717, 1.165) is 17.3 Å². The fourth-order valence-electron chi connectivity index (χ4n) is 2.03. The highest BCUT2D eigenvalue weighted by atomic mass is 79.9. The van der Waals surface area contributed by atoms with Gasteiger partial charge >= 0.3 is 5.97 Å². The summed E-state index contributed by atoms with van der Waals surface area (Å²) in [5, 5.41) is 18.3. The van der Waals surface area contributed by atoms with Crippen molar-refractivity contribution in [2.75, 3.05) is 0 Å². The van der Waals surface area contributed by atoms with Gasteiger partial charge in [-0.05, 0) is 39.0 Å². The second-order valence-electron chi connectivity index (χ2n) is 6.45. The van der Waals surface area contributed by atoms with Gasteiger partial charge in [0.1, 0.15) is 11.1 Å². The molecule has 1 amide bonds. The van der Waals surface area contributed by atoms with Crippen molar-refractivity contribution in [1.82, 2.24) is 5.32 Å². The molecule has 1 atom stereocenters. The number of hydrogen-bond acceptors (Lipinski definition) is 5. The van der Waals surface area contributed by atoms with Crippen molar-refractivity contribution in [3.05, 3.63) is 33.5 Å². The number of halogens is 2. The van der Waals surface area contributed by atoms with E-state index in [-0.39, 0.29) is 22.6 Å². The smallest absolute Gasteiger partial charge is 0.305 e. The van der Waals surface area contributed by atoms with Crippen LogP contribution >= 0.6 is 27.7 Å². The molecule has 0 aliphatic carbocycles. The Hall–Kier alpha value is -1.74. The number of carbonyl (C=O) groups is 2. The summed E-state index contributed by atoms with van der Waals surface area (Å²) in [6, 6.07) is 3.42. The van der Waals surface area contributed by atoms with E-state index in [0.29, 0.717) is 4.47 Å². The maximum atomic E-state index is 14.2. The molecule has 2 rings (SSSR count). The van der Waals surface area contributed by atoms with E-state index in [4.69, 9.17) is 5.11 Å². The lowest BCUT2D eigenvalue weighted by molar-refractivity contribution is -0.138. The van der Waals surface area contributed by atoms with Crippen LogP contribution in [0.2, 0.25) is 0 Å². The number of nitrogens with one attached hydrogen (secondary N) is 1. The van der Waals surface area contributed by atoms with Crippen LogP contribution in [0.4, 0.5) is 4.39 Å². The van der Waals surface area contributed by atoms with E-state index < -0.39 is 22.9 Å². The molecule has 1 aromatic rings. The zero-order valence-electron chi connectivity index (χ0n) is 13.8. The minimum atomic E-state index is -1.07. The van der Waals surface area contributed by atoms with E-state index in [1.54, 1.807) is 12.1 Å². The molecular formula is C16H17BrFN3O3S. The number of benzene rings is 1. The monoisotopic (exact) mass is 429 g/mol. The molecule has 9 heteroatoms. The molecule has 0 radical (unpaired) electrons. The van der Waals surface area contributed by atoms with Gasteiger partial charge in [-0.1, -0.05) is 32.5 Å². The van der Waals surface area contributed by atoms with Crippen LogP contribution in [0.3, 0.4) is 0 Å². The van der Waals surface area contributed by atoms with Crippen LogP contribution in [0.5, 0.6) is 0 Å². The Morgan fingerprint density at radius 2 is 2.16 bits per heavy atom. The Labute approximate surface area is 157 Å². The van der Waals surface area contributed by atoms with Crippen LogP contribution in [0.15, 0.2) is 26.8 Å². The molecule has 0 spiro atoms. The number of carbonyl (C=O) groups excluding carboxylic acids is 1. The van der Waals surface area contributed by atoms with Crippen molar-refractivity contribution in [1.29, 1.82) is 0 Å². The standard InChI is InChI=1S/C16H17BrFN3O3S/c1-16(2,3)9-4-8(13(18)10(17)5-9)7-19-21-15-20-14(24)11(25-15)6-12(22)23/h4-5,7,11H,6H2,1-3H3,(H,22,23)(H,20,21,24). The molecular weight excluding hydrogens is 413 g/mol. The Morgan fingerprint density at radius 1 is 1.48 bits per heavy atom. The molecule has 1 fully saturated rings. The summed E-state index contributed by atoms with van der Waals surface area (Å²) in [7, 11) is 0. The highest BCUT2D eigenvalue weighted by Crippen LogP contribution is 2.29. The summed E-state index contributed by atoms with van der Waals surface area (Å²) >= 11 is 4.19. The van der Waals surface area contributed by atoms with Gasteiger partial charge in [0.25, 0.3) is 0 Å². The van der Waals surface area contributed by atoms with Crippen molar-refractivity contribution in [3.63, 3.8) is 0 Å². The summed E-state index contributed by atoms with van der Waals surface area (Å²) in [6.45, 7) is 6.04. The molecule has 25 heavy (non-hydrogen) atoms. The summed E-state index contributed by atoms with van der Waals surface area (Å²) in [5.74, 6) is -1.95. The first-order valence-corrected chi connectivity index (χ1v) is 9.05. The van der Waals surface area contributed by atoms with Crippen molar-refractivity contribution in [2.24, 2.45) is 10.2 Å². The van der Waals surface area contributed by atoms with Crippen molar-refractivity contribution in [3.8, 4) is 0 Å². The molecule has 0 aromatic heterocycles. The quantitative estimate of drug-likeness (QED) is 0.567. The lowest BCUT2D eigenvalue weighted by Crippen LogP contribution is -2.26. The average Bonchev–Trinajstić information content (AvgIpc) is 2.81. The highest BCUT2D eigenvalue weighted by Gasteiger charge is 2.32. The minimum absolute atomic E-state index is 0.163. The van der Waals surface area contributed by atoms with Gasteiger partial charge in [0.2, 0.25) is 5.91 Å². The number of carboxylic acids is 1. The molecule has 134 valence electrons. The van der Waals surface area contributed by atoms with Crippen LogP contribution in [0.1, 0.15) is 38.3 Å². The third kappa shape index (κ3) is 5.12. The van der Waals surface area contributed by atoms with E-state index in [1.807, 2.05) is 20.8 Å². The molecule has 0 bridgehead atoms. The normalized spacial score (nSPS) is 19.6. The third-order valence-electron chi connectivity index (χ3n) is 3.40. The molecule has 1 heterocycles. The second-order valence-corrected chi connectivity index (χ2v) is 8.50. The molecule has 1 saturated heterocycles. The first kappa shape index (κ1) is 19.6. The van der Waals surface area contributed by atoms with Gasteiger partial charge in [0.05, 0.1) is 17.1 Å². The van der Waals surface area contributed by atoms with Crippen molar-refractivity contribution in [2.45, 2.75) is 37.9 Å². The Bertz CT molecular complexity index is 775. The maximum Gasteiger partial charge on any atom is 0.305 e. The van der Waals surface area contributed by atoms with Crippen molar-refractivity contribution < 1.29 is 19.1 Å². The molecule has 1 unspecified atom stereocenters. The Kier molecular flexibility index (Phi) is 5.99. The third-order valence-corrected chi connectivity index (χ3v) is 5.05. The average molecular weight is 430 g/mol. The van der Waals surface area contributed by atoms with Crippen LogP contribution in [0, 0.1) is 5.82 Å².